The maximum atomic E-state index is 12.3. The monoisotopic (exact) mass is 342 g/mol. The molecule has 0 radical (unpaired) electrons. The lowest BCUT2D eigenvalue weighted by molar-refractivity contribution is -0.384. The van der Waals surface area contributed by atoms with Gasteiger partial charge in [0.25, 0.3) is 11.6 Å². The molecule has 2 aromatic carbocycles. The maximum absolute atomic E-state index is 12.3. The lowest BCUT2D eigenvalue weighted by atomic mass is 9.86. The second-order valence-corrected chi connectivity index (χ2v) is 6.80. The van der Waals surface area contributed by atoms with Crippen molar-refractivity contribution < 1.29 is 14.5 Å². The van der Waals surface area contributed by atoms with Crippen molar-refractivity contribution in [2.45, 2.75) is 39.2 Å². The molecule has 1 unspecified atom stereocenters. The molecule has 0 aliphatic carbocycles. The number of para-hydroxylation sites is 1. The first-order valence-electron chi connectivity index (χ1n) is 8.00. The second-order valence-electron chi connectivity index (χ2n) is 6.80. The number of hydrogen-bond donors (Lipinski definition) is 1. The zero-order valence-electron chi connectivity index (χ0n) is 14.8. The molecule has 0 saturated heterocycles. The highest BCUT2D eigenvalue weighted by atomic mass is 16.6. The Labute approximate surface area is 147 Å². The Bertz CT molecular complexity index is 764. The zero-order valence-corrected chi connectivity index (χ0v) is 14.8. The number of hydrogen-bond acceptors (Lipinski definition) is 4. The number of non-ortho nitro benzene ring substituents is 1. The van der Waals surface area contributed by atoms with Crippen LogP contribution in [0.1, 0.15) is 33.3 Å². The molecular formula is C19H22N2O4. The average molecular weight is 342 g/mol. The molecule has 25 heavy (non-hydrogen) atoms. The van der Waals surface area contributed by atoms with E-state index in [1.165, 1.54) is 24.3 Å². The first kappa shape index (κ1) is 18.4. The minimum Gasteiger partial charge on any atom is -0.481 e. The van der Waals surface area contributed by atoms with Gasteiger partial charge in [-0.05, 0) is 36.1 Å². The fourth-order valence-electron chi connectivity index (χ4n) is 2.34. The summed E-state index contributed by atoms with van der Waals surface area (Å²) >= 11 is 0. The molecule has 0 aromatic heterocycles. The quantitative estimate of drug-likeness (QED) is 0.649. The molecule has 0 aliphatic heterocycles. The van der Waals surface area contributed by atoms with Gasteiger partial charge in [-0.15, -0.1) is 0 Å². The molecule has 0 saturated carbocycles. The van der Waals surface area contributed by atoms with Crippen molar-refractivity contribution in [3.05, 3.63) is 64.2 Å². The molecular weight excluding hydrogens is 320 g/mol. The normalized spacial score (nSPS) is 12.3. The van der Waals surface area contributed by atoms with Crippen LogP contribution in [0, 0.1) is 10.1 Å². The average Bonchev–Trinajstić information content (AvgIpc) is 2.54. The Balaban J connectivity index is 2.07. The van der Waals surface area contributed by atoms with Gasteiger partial charge >= 0.3 is 0 Å². The van der Waals surface area contributed by atoms with E-state index < -0.39 is 11.0 Å². The van der Waals surface area contributed by atoms with E-state index in [1.54, 1.807) is 6.92 Å². The molecule has 1 amide bonds. The molecule has 132 valence electrons. The van der Waals surface area contributed by atoms with E-state index in [4.69, 9.17) is 4.74 Å². The number of nitro groups is 1. The number of nitrogens with zero attached hydrogens (tertiary/aromatic N) is 1. The van der Waals surface area contributed by atoms with Crippen molar-refractivity contribution >= 4 is 17.3 Å². The highest BCUT2D eigenvalue weighted by molar-refractivity contribution is 5.94. The Morgan fingerprint density at radius 3 is 2.28 bits per heavy atom. The van der Waals surface area contributed by atoms with Gasteiger partial charge in [0.15, 0.2) is 6.10 Å². The molecule has 0 bridgehead atoms. The van der Waals surface area contributed by atoms with Crippen LogP contribution >= 0.6 is 0 Å². The Hall–Kier alpha value is -2.89. The number of ether oxygens (including phenoxy) is 1. The van der Waals surface area contributed by atoms with Crippen molar-refractivity contribution in [3.63, 3.8) is 0 Å². The van der Waals surface area contributed by atoms with Crippen LogP contribution < -0.4 is 10.1 Å². The third-order valence-corrected chi connectivity index (χ3v) is 3.71. The lowest BCUT2D eigenvalue weighted by Gasteiger charge is -2.24. The van der Waals surface area contributed by atoms with Crippen molar-refractivity contribution in [3.8, 4) is 5.75 Å². The fourth-order valence-corrected chi connectivity index (χ4v) is 2.34. The number of carbonyl (C=O) groups excluding carboxylic acids is 1. The van der Waals surface area contributed by atoms with Gasteiger partial charge < -0.3 is 10.1 Å². The third-order valence-electron chi connectivity index (χ3n) is 3.71. The minimum absolute atomic E-state index is 0.0265. The standard InChI is InChI=1S/C19H22N2O4/c1-13(25-17-8-6-5-7-16(17)19(2,3)4)18(22)20-14-9-11-15(12-10-14)21(23)24/h5-13H,1-4H3,(H,20,22). The van der Waals surface area contributed by atoms with Crippen LogP contribution in [0.15, 0.2) is 48.5 Å². The van der Waals surface area contributed by atoms with Crippen molar-refractivity contribution in [2.24, 2.45) is 0 Å². The van der Waals surface area contributed by atoms with E-state index in [1.807, 2.05) is 24.3 Å². The van der Waals surface area contributed by atoms with E-state index in [0.717, 1.165) is 5.56 Å². The molecule has 2 rings (SSSR count). The van der Waals surface area contributed by atoms with Crippen molar-refractivity contribution in [1.29, 1.82) is 0 Å². The summed E-state index contributed by atoms with van der Waals surface area (Å²) in [6, 6.07) is 13.3. The summed E-state index contributed by atoms with van der Waals surface area (Å²) in [5, 5.41) is 13.4. The molecule has 1 atom stereocenters. The van der Waals surface area contributed by atoms with E-state index >= 15 is 0 Å². The smallest absolute Gasteiger partial charge is 0.269 e. The first-order valence-corrected chi connectivity index (χ1v) is 8.00. The number of nitro benzene ring substituents is 1. The Morgan fingerprint density at radius 2 is 1.72 bits per heavy atom. The van der Waals surface area contributed by atoms with Crippen molar-refractivity contribution in [2.75, 3.05) is 5.32 Å². The lowest BCUT2D eigenvalue weighted by Crippen LogP contribution is -2.31. The van der Waals surface area contributed by atoms with Crippen LogP contribution in [0.5, 0.6) is 5.75 Å². The van der Waals surface area contributed by atoms with Gasteiger partial charge in [-0.3, -0.25) is 14.9 Å². The van der Waals surface area contributed by atoms with E-state index in [-0.39, 0.29) is 17.0 Å². The van der Waals surface area contributed by atoms with Gasteiger partial charge in [0.05, 0.1) is 4.92 Å². The molecule has 1 N–H and O–H groups in total. The summed E-state index contributed by atoms with van der Waals surface area (Å²) < 4.78 is 5.85. The highest BCUT2D eigenvalue weighted by Crippen LogP contribution is 2.31. The maximum Gasteiger partial charge on any atom is 0.269 e. The van der Waals surface area contributed by atoms with Gasteiger partial charge in [-0.25, -0.2) is 0 Å². The van der Waals surface area contributed by atoms with Crippen molar-refractivity contribution in [1.82, 2.24) is 0 Å². The Morgan fingerprint density at radius 1 is 1.12 bits per heavy atom. The minimum atomic E-state index is -0.710. The van der Waals surface area contributed by atoms with Crippen LogP contribution in [0.25, 0.3) is 0 Å². The van der Waals surface area contributed by atoms with Crippen LogP contribution in [0.3, 0.4) is 0 Å². The van der Waals surface area contributed by atoms with E-state index in [9.17, 15) is 14.9 Å². The summed E-state index contributed by atoms with van der Waals surface area (Å²) in [5.41, 5.74) is 1.37. The molecule has 2 aromatic rings. The molecule has 0 fully saturated rings. The topological polar surface area (TPSA) is 81.5 Å². The third kappa shape index (κ3) is 4.79. The van der Waals surface area contributed by atoms with Gasteiger partial charge in [-0.2, -0.15) is 0 Å². The second kappa shape index (κ2) is 7.34. The summed E-state index contributed by atoms with van der Waals surface area (Å²) in [5.74, 6) is 0.346. The predicted octanol–water partition coefficient (Wildman–Crippen LogP) is 4.30. The first-order chi connectivity index (χ1) is 11.7. The number of anilines is 1. The number of benzene rings is 2. The molecule has 6 heteroatoms. The number of carbonyl (C=O) groups is 1. The van der Waals surface area contributed by atoms with Crippen LogP contribution in [0.2, 0.25) is 0 Å². The van der Waals surface area contributed by atoms with E-state index in [2.05, 4.69) is 26.1 Å². The highest BCUT2D eigenvalue weighted by Gasteiger charge is 2.22. The predicted molar refractivity (Wildman–Crippen MR) is 97.0 cm³/mol. The van der Waals surface area contributed by atoms with Crippen LogP contribution in [0.4, 0.5) is 11.4 Å². The van der Waals surface area contributed by atoms with Crippen LogP contribution in [-0.2, 0) is 10.2 Å². The van der Waals surface area contributed by atoms with Crippen LogP contribution in [-0.4, -0.2) is 16.9 Å². The Kier molecular flexibility index (Phi) is 5.41. The number of rotatable bonds is 5. The fraction of sp³-hybridized carbons (Fsp3) is 0.316. The summed E-state index contributed by atoms with van der Waals surface area (Å²) in [7, 11) is 0. The van der Waals surface area contributed by atoms with E-state index in [0.29, 0.717) is 11.4 Å². The summed E-state index contributed by atoms with van der Waals surface area (Å²) in [6.07, 6.45) is -0.710. The molecule has 0 heterocycles. The number of nitrogens with one attached hydrogen (secondary N) is 1. The van der Waals surface area contributed by atoms with Gasteiger partial charge in [0, 0.05) is 17.8 Å². The molecule has 0 spiro atoms. The zero-order chi connectivity index (χ0) is 18.6. The summed E-state index contributed by atoms with van der Waals surface area (Å²) in [4.78, 5) is 22.5. The molecule has 6 nitrogen and oxygen atoms in total. The van der Waals surface area contributed by atoms with Gasteiger partial charge in [0.1, 0.15) is 5.75 Å². The molecule has 0 aliphatic rings. The van der Waals surface area contributed by atoms with Gasteiger partial charge in [-0.1, -0.05) is 39.0 Å². The largest absolute Gasteiger partial charge is 0.481 e. The van der Waals surface area contributed by atoms with Gasteiger partial charge in [0.2, 0.25) is 0 Å². The summed E-state index contributed by atoms with van der Waals surface area (Å²) in [6.45, 7) is 7.91. The SMILES string of the molecule is CC(Oc1ccccc1C(C)(C)C)C(=O)Nc1ccc([N+](=O)[O-])cc1. The number of amides is 1.